The maximum Gasteiger partial charge on any atom is 0.258 e. The molecule has 2 aromatic carbocycles. The maximum absolute atomic E-state index is 12.3. The van der Waals surface area contributed by atoms with Gasteiger partial charge in [0.1, 0.15) is 5.75 Å². The fourth-order valence-corrected chi connectivity index (χ4v) is 3.52. The molecule has 0 aromatic heterocycles. The molecule has 1 fully saturated rings. The monoisotopic (exact) mass is 366 g/mol. The molecule has 3 rings (SSSR count). The summed E-state index contributed by atoms with van der Waals surface area (Å²) in [6.07, 6.45) is 3.76. The maximum atomic E-state index is 12.3. The summed E-state index contributed by atoms with van der Waals surface area (Å²) in [4.78, 5) is 14.8. The third-order valence-corrected chi connectivity index (χ3v) is 5.18. The van der Waals surface area contributed by atoms with Crippen LogP contribution in [0.2, 0.25) is 0 Å². The summed E-state index contributed by atoms with van der Waals surface area (Å²) in [7, 11) is 0. The predicted molar refractivity (Wildman–Crippen MR) is 109 cm³/mol. The van der Waals surface area contributed by atoms with Crippen LogP contribution in [0.25, 0.3) is 0 Å². The average Bonchev–Trinajstić information content (AvgIpc) is 2.70. The van der Waals surface area contributed by atoms with E-state index in [1.54, 1.807) is 0 Å². The molecule has 1 aliphatic rings. The van der Waals surface area contributed by atoms with Crippen LogP contribution in [-0.2, 0) is 4.79 Å². The molecule has 0 spiro atoms. The van der Waals surface area contributed by atoms with Crippen molar-refractivity contribution in [1.82, 2.24) is 10.2 Å². The topological polar surface area (TPSA) is 41.6 Å². The number of nitrogens with zero attached hydrogens (tertiary/aromatic N) is 1. The zero-order valence-electron chi connectivity index (χ0n) is 16.4. The van der Waals surface area contributed by atoms with Gasteiger partial charge in [-0.1, -0.05) is 53.9 Å². The number of ether oxygens (including phenoxy) is 1. The van der Waals surface area contributed by atoms with Crippen LogP contribution < -0.4 is 10.1 Å². The summed E-state index contributed by atoms with van der Waals surface area (Å²) in [5, 5.41) is 3.07. The molecule has 1 amide bonds. The van der Waals surface area contributed by atoms with Gasteiger partial charge >= 0.3 is 0 Å². The summed E-state index contributed by atoms with van der Waals surface area (Å²) < 4.78 is 5.60. The van der Waals surface area contributed by atoms with Gasteiger partial charge in [-0.15, -0.1) is 0 Å². The van der Waals surface area contributed by atoms with E-state index in [1.807, 2.05) is 31.2 Å². The molecule has 2 aromatic rings. The molecule has 1 saturated heterocycles. The Hall–Kier alpha value is -2.33. The number of likely N-dealkylation sites (tertiary alicyclic amines) is 1. The Morgan fingerprint density at radius 1 is 0.963 bits per heavy atom. The minimum absolute atomic E-state index is 0.0453. The van der Waals surface area contributed by atoms with Crippen molar-refractivity contribution in [3.63, 3.8) is 0 Å². The van der Waals surface area contributed by atoms with E-state index in [9.17, 15) is 4.79 Å². The van der Waals surface area contributed by atoms with Gasteiger partial charge in [0.2, 0.25) is 0 Å². The van der Waals surface area contributed by atoms with Crippen molar-refractivity contribution in [2.24, 2.45) is 0 Å². The first-order chi connectivity index (χ1) is 13.1. The van der Waals surface area contributed by atoms with Gasteiger partial charge in [-0.2, -0.15) is 0 Å². The summed E-state index contributed by atoms with van der Waals surface area (Å²) in [5.41, 5.74) is 3.70. The number of carbonyl (C=O) groups excluding carboxylic acids is 1. The van der Waals surface area contributed by atoms with Crippen molar-refractivity contribution in [3.8, 4) is 5.75 Å². The normalized spacial score (nSPS) is 15.9. The Balaban J connectivity index is 1.57. The smallest absolute Gasteiger partial charge is 0.258 e. The van der Waals surface area contributed by atoms with Crippen molar-refractivity contribution >= 4 is 5.91 Å². The molecule has 0 saturated carbocycles. The summed E-state index contributed by atoms with van der Waals surface area (Å²) >= 11 is 0. The SMILES string of the molecule is Cc1ccc(OCC(=O)NC[C@H](c2ccc(C)cc2)N2CCCCC2)cc1. The molecular weight excluding hydrogens is 336 g/mol. The first kappa shape index (κ1) is 19.4. The summed E-state index contributed by atoms with van der Waals surface area (Å²) in [5.74, 6) is 0.645. The van der Waals surface area contributed by atoms with Gasteiger partial charge < -0.3 is 10.1 Å². The lowest BCUT2D eigenvalue weighted by Gasteiger charge is -2.35. The molecule has 4 heteroatoms. The Morgan fingerprint density at radius 3 is 2.19 bits per heavy atom. The van der Waals surface area contributed by atoms with Crippen LogP contribution in [0.15, 0.2) is 48.5 Å². The third kappa shape index (κ3) is 5.83. The highest BCUT2D eigenvalue weighted by Crippen LogP contribution is 2.24. The van der Waals surface area contributed by atoms with Gasteiger partial charge in [-0.05, 0) is 57.5 Å². The Bertz CT molecular complexity index is 719. The average molecular weight is 367 g/mol. The number of nitrogens with one attached hydrogen (secondary N) is 1. The fraction of sp³-hybridized carbons (Fsp3) is 0.435. The van der Waals surface area contributed by atoms with E-state index in [1.165, 1.54) is 36.0 Å². The van der Waals surface area contributed by atoms with Crippen molar-refractivity contribution in [2.45, 2.75) is 39.2 Å². The summed E-state index contributed by atoms with van der Waals surface area (Å²) in [6, 6.07) is 16.6. The van der Waals surface area contributed by atoms with Crippen LogP contribution in [0, 0.1) is 13.8 Å². The zero-order valence-corrected chi connectivity index (χ0v) is 16.4. The molecule has 144 valence electrons. The van der Waals surface area contributed by atoms with Gasteiger partial charge in [0.25, 0.3) is 5.91 Å². The second-order valence-electron chi connectivity index (χ2n) is 7.43. The van der Waals surface area contributed by atoms with Crippen molar-refractivity contribution in [2.75, 3.05) is 26.2 Å². The lowest BCUT2D eigenvalue weighted by molar-refractivity contribution is -0.123. The minimum Gasteiger partial charge on any atom is -0.484 e. The molecule has 1 atom stereocenters. The summed E-state index contributed by atoms with van der Waals surface area (Å²) in [6.45, 7) is 6.97. The lowest BCUT2D eigenvalue weighted by atomic mass is 10.0. The Labute approximate surface area is 162 Å². The van der Waals surface area contributed by atoms with E-state index in [4.69, 9.17) is 4.74 Å². The number of piperidine rings is 1. The van der Waals surface area contributed by atoms with Gasteiger partial charge in [-0.3, -0.25) is 9.69 Å². The second kappa shape index (κ2) is 9.56. The predicted octanol–water partition coefficient (Wildman–Crippen LogP) is 4.03. The number of amides is 1. The van der Waals surface area contributed by atoms with Crippen LogP contribution in [0.5, 0.6) is 5.75 Å². The van der Waals surface area contributed by atoms with Crippen LogP contribution in [-0.4, -0.2) is 37.0 Å². The van der Waals surface area contributed by atoms with Gasteiger partial charge in [0.15, 0.2) is 6.61 Å². The fourth-order valence-electron chi connectivity index (χ4n) is 3.52. The minimum atomic E-state index is -0.0790. The van der Waals surface area contributed by atoms with E-state index >= 15 is 0 Å². The van der Waals surface area contributed by atoms with Crippen LogP contribution in [0.1, 0.15) is 42.0 Å². The molecular formula is C23H30N2O2. The van der Waals surface area contributed by atoms with E-state index < -0.39 is 0 Å². The molecule has 4 nitrogen and oxygen atoms in total. The van der Waals surface area contributed by atoms with Crippen LogP contribution in [0.3, 0.4) is 0 Å². The number of carbonyl (C=O) groups is 1. The first-order valence-corrected chi connectivity index (χ1v) is 9.88. The molecule has 1 aliphatic heterocycles. The molecule has 0 radical (unpaired) electrons. The van der Waals surface area contributed by atoms with E-state index in [0.29, 0.717) is 6.54 Å². The molecule has 1 N–H and O–H groups in total. The highest BCUT2D eigenvalue weighted by Gasteiger charge is 2.22. The number of benzene rings is 2. The van der Waals surface area contributed by atoms with Gasteiger partial charge in [-0.25, -0.2) is 0 Å². The van der Waals surface area contributed by atoms with Crippen molar-refractivity contribution in [1.29, 1.82) is 0 Å². The van der Waals surface area contributed by atoms with Crippen LogP contribution >= 0.6 is 0 Å². The van der Waals surface area contributed by atoms with Gasteiger partial charge in [0.05, 0.1) is 6.04 Å². The van der Waals surface area contributed by atoms with Gasteiger partial charge in [0, 0.05) is 6.54 Å². The molecule has 1 heterocycles. The van der Waals surface area contributed by atoms with Crippen molar-refractivity contribution in [3.05, 3.63) is 65.2 Å². The zero-order chi connectivity index (χ0) is 19.1. The second-order valence-corrected chi connectivity index (χ2v) is 7.43. The lowest BCUT2D eigenvalue weighted by Crippen LogP contribution is -2.41. The highest BCUT2D eigenvalue weighted by atomic mass is 16.5. The third-order valence-electron chi connectivity index (χ3n) is 5.18. The van der Waals surface area contributed by atoms with Crippen molar-refractivity contribution < 1.29 is 9.53 Å². The number of aryl methyl sites for hydroxylation is 2. The first-order valence-electron chi connectivity index (χ1n) is 9.88. The standard InChI is InChI=1S/C23H30N2O2/c1-18-6-10-20(11-7-18)22(25-14-4-3-5-15-25)16-24-23(26)17-27-21-12-8-19(2)9-13-21/h6-13,22H,3-5,14-17H2,1-2H3,(H,24,26)/t22-/m1/s1. The van der Waals surface area contributed by atoms with E-state index in [-0.39, 0.29) is 18.6 Å². The quantitative estimate of drug-likeness (QED) is 0.804. The largest absolute Gasteiger partial charge is 0.484 e. The number of hydrogen-bond donors (Lipinski definition) is 1. The molecule has 0 aliphatic carbocycles. The van der Waals surface area contributed by atoms with E-state index in [0.717, 1.165) is 18.8 Å². The highest BCUT2D eigenvalue weighted by molar-refractivity contribution is 5.77. The number of rotatable bonds is 7. The Kier molecular flexibility index (Phi) is 6.88. The van der Waals surface area contributed by atoms with Crippen LogP contribution in [0.4, 0.5) is 0 Å². The molecule has 0 bridgehead atoms. The Morgan fingerprint density at radius 2 is 1.56 bits per heavy atom. The number of hydrogen-bond acceptors (Lipinski definition) is 3. The molecule has 27 heavy (non-hydrogen) atoms. The van der Waals surface area contributed by atoms with E-state index in [2.05, 4.69) is 41.4 Å². The molecule has 0 unspecified atom stereocenters.